The van der Waals surface area contributed by atoms with Crippen LogP contribution in [0, 0.1) is 5.82 Å². The number of halogens is 2. The van der Waals surface area contributed by atoms with Crippen molar-refractivity contribution in [2.24, 2.45) is 5.84 Å². The van der Waals surface area contributed by atoms with Crippen molar-refractivity contribution >= 4 is 15.9 Å². The molecule has 0 saturated heterocycles. The number of benzene rings is 1. The van der Waals surface area contributed by atoms with Crippen molar-refractivity contribution < 1.29 is 9.13 Å². The van der Waals surface area contributed by atoms with Gasteiger partial charge in [0.2, 0.25) is 0 Å². The van der Waals surface area contributed by atoms with E-state index < -0.39 is 0 Å². The maximum atomic E-state index is 13.4. The second-order valence-corrected chi connectivity index (χ2v) is 3.66. The second kappa shape index (κ2) is 5.41. The third-order valence-corrected chi connectivity index (χ3v) is 2.57. The lowest BCUT2D eigenvalue weighted by Crippen LogP contribution is -2.32. The third-order valence-electron chi connectivity index (χ3n) is 1.88. The molecule has 1 aromatic carbocycles. The van der Waals surface area contributed by atoms with Gasteiger partial charge in [0.1, 0.15) is 5.82 Å². The lowest BCUT2D eigenvalue weighted by Gasteiger charge is -2.17. The highest BCUT2D eigenvalue weighted by molar-refractivity contribution is 9.10. The van der Waals surface area contributed by atoms with Gasteiger partial charge in [-0.3, -0.25) is 11.3 Å². The summed E-state index contributed by atoms with van der Waals surface area (Å²) in [5, 5.41) is 0. The lowest BCUT2D eigenvalue weighted by atomic mass is 10.1. The highest BCUT2D eigenvalue weighted by Crippen LogP contribution is 2.25. The number of nitrogens with two attached hydrogens (primary N) is 1. The van der Waals surface area contributed by atoms with Crippen LogP contribution in [-0.4, -0.2) is 13.7 Å². The second-order valence-electron chi connectivity index (χ2n) is 2.81. The van der Waals surface area contributed by atoms with Gasteiger partial charge in [0, 0.05) is 17.1 Å². The van der Waals surface area contributed by atoms with Gasteiger partial charge >= 0.3 is 0 Å². The van der Waals surface area contributed by atoms with E-state index in [0.717, 1.165) is 0 Å². The van der Waals surface area contributed by atoms with E-state index in [4.69, 9.17) is 10.6 Å². The first-order chi connectivity index (χ1) is 6.70. The van der Waals surface area contributed by atoms with Crippen LogP contribution in [-0.2, 0) is 4.74 Å². The molecule has 0 aliphatic rings. The highest BCUT2D eigenvalue weighted by Gasteiger charge is 2.16. The Labute approximate surface area is 90.5 Å². The van der Waals surface area contributed by atoms with Crippen molar-refractivity contribution in [3.63, 3.8) is 0 Å². The molecule has 0 spiro atoms. The van der Waals surface area contributed by atoms with Crippen LogP contribution in [0.5, 0.6) is 0 Å². The summed E-state index contributed by atoms with van der Waals surface area (Å²) >= 11 is 3.27. The molecule has 0 aliphatic heterocycles. The fourth-order valence-electron chi connectivity index (χ4n) is 1.23. The minimum atomic E-state index is -0.351. The van der Waals surface area contributed by atoms with Crippen LogP contribution < -0.4 is 11.3 Å². The van der Waals surface area contributed by atoms with E-state index in [-0.39, 0.29) is 11.9 Å². The van der Waals surface area contributed by atoms with E-state index in [1.165, 1.54) is 6.07 Å². The number of nitrogens with one attached hydrogen (secondary N) is 1. The van der Waals surface area contributed by atoms with Gasteiger partial charge in [-0.1, -0.05) is 22.0 Å². The first-order valence-corrected chi connectivity index (χ1v) is 4.89. The summed E-state index contributed by atoms with van der Waals surface area (Å²) in [6.07, 6.45) is 0. The van der Waals surface area contributed by atoms with Crippen molar-refractivity contribution in [3.05, 3.63) is 34.1 Å². The van der Waals surface area contributed by atoms with Crippen LogP contribution in [0.4, 0.5) is 4.39 Å². The first kappa shape index (κ1) is 11.6. The fourth-order valence-corrected chi connectivity index (χ4v) is 1.84. The largest absolute Gasteiger partial charge is 0.383 e. The quantitative estimate of drug-likeness (QED) is 0.642. The minimum Gasteiger partial charge on any atom is -0.383 e. The molecule has 0 saturated carbocycles. The van der Waals surface area contributed by atoms with Crippen LogP contribution in [0.2, 0.25) is 0 Å². The molecule has 78 valence electrons. The summed E-state index contributed by atoms with van der Waals surface area (Å²) in [4.78, 5) is 0. The van der Waals surface area contributed by atoms with E-state index in [1.54, 1.807) is 19.2 Å². The SMILES string of the molecule is COCC(NN)c1c(F)cccc1Br. The summed E-state index contributed by atoms with van der Waals surface area (Å²) in [5.74, 6) is 5.01. The van der Waals surface area contributed by atoms with Crippen LogP contribution in [0.1, 0.15) is 11.6 Å². The molecule has 0 radical (unpaired) electrons. The number of ether oxygens (including phenoxy) is 1. The molecule has 5 heteroatoms. The Morgan fingerprint density at radius 1 is 1.64 bits per heavy atom. The molecular weight excluding hydrogens is 251 g/mol. The van der Waals surface area contributed by atoms with E-state index >= 15 is 0 Å². The maximum absolute atomic E-state index is 13.4. The normalized spacial score (nSPS) is 12.9. The Bertz CT molecular complexity index is 289. The Hall–Kier alpha value is -0.490. The van der Waals surface area contributed by atoms with Gasteiger partial charge in [0.15, 0.2) is 0 Å². The van der Waals surface area contributed by atoms with Crippen molar-refractivity contribution in [3.8, 4) is 0 Å². The van der Waals surface area contributed by atoms with Crippen LogP contribution >= 0.6 is 15.9 Å². The number of hydrogen-bond donors (Lipinski definition) is 2. The molecule has 14 heavy (non-hydrogen) atoms. The Balaban J connectivity index is 3.02. The molecule has 0 aromatic heterocycles. The molecule has 0 fully saturated rings. The molecular formula is C9H12BrFN2O. The summed E-state index contributed by atoms with van der Waals surface area (Å²) in [6.45, 7) is 0.316. The van der Waals surface area contributed by atoms with Gasteiger partial charge in [-0.15, -0.1) is 0 Å². The smallest absolute Gasteiger partial charge is 0.129 e. The molecule has 0 heterocycles. The van der Waals surface area contributed by atoms with Gasteiger partial charge < -0.3 is 4.74 Å². The number of hydrogen-bond acceptors (Lipinski definition) is 3. The zero-order chi connectivity index (χ0) is 10.6. The standard InChI is InChI=1S/C9H12BrFN2O/c1-14-5-8(13-12)9-6(10)3-2-4-7(9)11/h2-4,8,13H,5,12H2,1H3. The molecule has 0 aliphatic carbocycles. The fraction of sp³-hybridized carbons (Fsp3) is 0.333. The molecule has 3 nitrogen and oxygen atoms in total. The summed E-state index contributed by atoms with van der Waals surface area (Å²) in [7, 11) is 1.54. The van der Waals surface area contributed by atoms with Gasteiger partial charge in [-0.25, -0.2) is 4.39 Å². The molecule has 1 atom stereocenters. The zero-order valence-corrected chi connectivity index (χ0v) is 9.34. The van der Waals surface area contributed by atoms with Crippen molar-refractivity contribution in [1.29, 1.82) is 0 Å². The summed E-state index contributed by atoms with van der Waals surface area (Å²) in [5.41, 5.74) is 2.99. The Morgan fingerprint density at radius 2 is 2.36 bits per heavy atom. The monoisotopic (exact) mass is 262 g/mol. The molecule has 3 N–H and O–H groups in total. The molecule has 0 bridgehead atoms. The van der Waals surface area contributed by atoms with E-state index in [0.29, 0.717) is 16.6 Å². The Morgan fingerprint density at radius 3 is 2.86 bits per heavy atom. The number of rotatable bonds is 4. The van der Waals surface area contributed by atoms with Gasteiger partial charge in [-0.05, 0) is 12.1 Å². The van der Waals surface area contributed by atoms with Crippen molar-refractivity contribution in [1.82, 2.24) is 5.43 Å². The predicted molar refractivity (Wildman–Crippen MR) is 56.0 cm³/mol. The lowest BCUT2D eigenvalue weighted by molar-refractivity contribution is 0.165. The van der Waals surface area contributed by atoms with Gasteiger partial charge in [0.25, 0.3) is 0 Å². The predicted octanol–water partition coefficient (Wildman–Crippen LogP) is 1.74. The summed E-state index contributed by atoms with van der Waals surface area (Å²) in [6, 6.07) is 4.43. The van der Waals surface area contributed by atoms with Crippen molar-refractivity contribution in [2.75, 3.05) is 13.7 Å². The number of hydrazine groups is 1. The Kier molecular flexibility index (Phi) is 4.47. The van der Waals surface area contributed by atoms with Crippen LogP contribution in [0.15, 0.2) is 22.7 Å². The zero-order valence-electron chi connectivity index (χ0n) is 7.76. The molecule has 1 unspecified atom stereocenters. The molecule has 1 rings (SSSR count). The van der Waals surface area contributed by atoms with Gasteiger partial charge in [0.05, 0.1) is 12.6 Å². The topological polar surface area (TPSA) is 47.3 Å². The number of methoxy groups -OCH3 is 1. The third kappa shape index (κ3) is 2.51. The minimum absolute atomic E-state index is 0.306. The summed E-state index contributed by atoms with van der Waals surface area (Å²) < 4.78 is 19.0. The molecule has 0 amide bonds. The first-order valence-electron chi connectivity index (χ1n) is 4.09. The van der Waals surface area contributed by atoms with E-state index in [2.05, 4.69) is 21.4 Å². The highest BCUT2D eigenvalue weighted by atomic mass is 79.9. The maximum Gasteiger partial charge on any atom is 0.129 e. The van der Waals surface area contributed by atoms with Crippen LogP contribution in [0.3, 0.4) is 0 Å². The molecule has 1 aromatic rings. The average Bonchev–Trinajstić information content (AvgIpc) is 2.16. The van der Waals surface area contributed by atoms with Gasteiger partial charge in [-0.2, -0.15) is 0 Å². The van der Waals surface area contributed by atoms with E-state index in [1.807, 2.05) is 0 Å². The van der Waals surface area contributed by atoms with E-state index in [9.17, 15) is 4.39 Å². The van der Waals surface area contributed by atoms with Crippen molar-refractivity contribution in [2.45, 2.75) is 6.04 Å². The van der Waals surface area contributed by atoms with Crippen LogP contribution in [0.25, 0.3) is 0 Å². The average molecular weight is 263 g/mol.